The first-order chi connectivity index (χ1) is 6.38. The van der Waals surface area contributed by atoms with Crippen LogP contribution in [0.1, 0.15) is 16.7 Å². The Kier molecular flexibility index (Phi) is 2.24. The molecule has 2 rings (SSSR count). The van der Waals surface area contributed by atoms with Crippen LogP contribution in [0, 0.1) is 0 Å². The predicted molar refractivity (Wildman–Crippen MR) is 46.0 cm³/mol. The molecule has 5 nitrogen and oxygen atoms in total. The van der Waals surface area contributed by atoms with Crippen LogP contribution in [-0.4, -0.2) is 24.7 Å². The van der Waals surface area contributed by atoms with Gasteiger partial charge in [0.05, 0.1) is 23.0 Å². The molecule has 1 N–H and O–H groups in total. The number of nitrogens with zero attached hydrogens (tertiary/aromatic N) is 4. The van der Waals surface area contributed by atoms with Crippen LogP contribution in [0.15, 0.2) is 24.8 Å². The monoisotopic (exact) mass is 194 g/mol. The van der Waals surface area contributed by atoms with Crippen LogP contribution in [0.3, 0.4) is 0 Å². The van der Waals surface area contributed by atoms with E-state index in [2.05, 4.69) is 19.6 Å². The summed E-state index contributed by atoms with van der Waals surface area (Å²) in [7, 11) is 0. The van der Waals surface area contributed by atoms with Gasteiger partial charge < -0.3 is 5.11 Å². The molecule has 66 valence electrons. The van der Waals surface area contributed by atoms with Crippen LogP contribution in [-0.2, 0) is 0 Å². The third-order valence-corrected chi connectivity index (χ3v) is 2.23. The van der Waals surface area contributed by atoms with Gasteiger partial charge in [-0.05, 0) is 11.5 Å². The van der Waals surface area contributed by atoms with Gasteiger partial charge in [0.1, 0.15) is 6.10 Å². The summed E-state index contributed by atoms with van der Waals surface area (Å²) in [6, 6.07) is 0. The van der Waals surface area contributed by atoms with Crippen molar-refractivity contribution < 1.29 is 5.11 Å². The van der Waals surface area contributed by atoms with Gasteiger partial charge in [-0.25, -0.2) is 0 Å². The fourth-order valence-electron chi connectivity index (χ4n) is 0.893. The van der Waals surface area contributed by atoms with Crippen LogP contribution in [0.4, 0.5) is 0 Å². The standard InChI is InChI=1S/C7H6N4OS/c12-7(6-4-10-11-13-6)5-3-8-1-2-9-5/h1-4,7,12H. The van der Waals surface area contributed by atoms with E-state index in [4.69, 9.17) is 0 Å². The highest BCUT2D eigenvalue weighted by Crippen LogP contribution is 2.20. The van der Waals surface area contributed by atoms with Gasteiger partial charge in [-0.2, -0.15) is 0 Å². The number of rotatable bonds is 2. The molecule has 0 aromatic carbocycles. The van der Waals surface area contributed by atoms with Gasteiger partial charge in [0.25, 0.3) is 0 Å². The summed E-state index contributed by atoms with van der Waals surface area (Å²) in [5.74, 6) is 0. The Morgan fingerprint density at radius 3 is 2.85 bits per heavy atom. The molecule has 0 aliphatic carbocycles. The summed E-state index contributed by atoms with van der Waals surface area (Å²) >= 11 is 1.15. The molecular formula is C7H6N4OS. The van der Waals surface area contributed by atoms with E-state index in [0.717, 1.165) is 11.5 Å². The zero-order valence-electron chi connectivity index (χ0n) is 6.53. The molecule has 0 spiro atoms. The van der Waals surface area contributed by atoms with E-state index in [1.807, 2.05) is 0 Å². The minimum atomic E-state index is -0.770. The van der Waals surface area contributed by atoms with Gasteiger partial charge in [0, 0.05) is 12.4 Å². The number of aromatic nitrogens is 4. The Bertz CT molecular complexity index is 363. The summed E-state index contributed by atoms with van der Waals surface area (Å²) in [6.45, 7) is 0. The molecule has 1 atom stereocenters. The number of hydrogen-bond acceptors (Lipinski definition) is 6. The molecule has 6 heteroatoms. The van der Waals surface area contributed by atoms with Gasteiger partial charge >= 0.3 is 0 Å². The second-order valence-corrected chi connectivity index (χ2v) is 3.17. The first-order valence-corrected chi connectivity index (χ1v) is 4.36. The Morgan fingerprint density at radius 2 is 2.23 bits per heavy atom. The maximum Gasteiger partial charge on any atom is 0.135 e. The van der Waals surface area contributed by atoms with Crippen molar-refractivity contribution in [2.75, 3.05) is 0 Å². The van der Waals surface area contributed by atoms with Crippen LogP contribution in [0.25, 0.3) is 0 Å². The third-order valence-electron chi connectivity index (χ3n) is 1.51. The molecule has 2 heterocycles. The molecule has 0 amide bonds. The van der Waals surface area contributed by atoms with Crippen molar-refractivity contribution in [2.45, 2.75) is 6.10 Å². The van der Waals surface area contributed by atoms with Crippen molar-refractivity contribution in [3.63, 3.8) is 0 Å². The molecule has 1 unspecified atom stereocenters. The lowest BCUT2D eigenvalue weighted by Crippen LogP contribution is -2.00. The molecule has 0 bridgehead atoms. The summed E-state index contributed by atoms with van der Waals surface area (Å²) < 4.78 is 3.65. The van der Waals surface area contributed by atoms with E-state index in [1.54, 1.807) is 6.20 Å². The second kappa shape index (κ2) is 3.55. The smallest absolute Gasteiger partial charge is 0.135 e. The van der Waals surface area contributed by atoms with E-state index in [1.165, 1.54) is 18.6 Å². The van der Waals surface area contributed by atoms with Crippen molar-refractivity contribution >= 4 is 11.5 Å². The van der Waals surface area contributed by atoms with E-state index >= 15 is 0 Å². The lowest BCUT2D eigenvalue weighted by Gasteiger charge is -2.04. The van der Waals surface area contributed by atoms with E-state index in [-0.39, 0.29) is 0 Å². The molecule has 0 radical (unpaired) electrons. The Hall–Kier alpha value is -1.40. The van der Waals surface area contributed by atoms with Gasteiger partial charge in [0.15, 0.2) is 0 Å². The van der Waals surface area contributed by atoms with E-state index in [9.17, 15) is 5.11 Å². The Morgan fingerprint density at radius 1 is 1.31 bits per heavy atom. The zero-order chi connectivity index (χ0) is 9.10. The minimum absolute atomic E-state index is 0.508. The maximum atomic E-state index is 9.71. The zero-order valence-corrected chi connectivity index (χ0v) is 7.35. The fraction of sp³-hybridized carbons (Fsp3) is 0.143. The minimum Gasteiger partial charge on any atom is -0.381 e. The third kappa shape index (κ3) is 1.68. The number of hydrogen-bond donors (Lipinski definition) is 1. The average Bonchev–Trinajstić information content (AvgIpc) is 2.71. The van der Waals surface area contributed by atoms with Crippen molar-refractivity contribution in [1.82, 2.24) is 19.6 Å². The second-order valence-electron chi connectivity index (χ2n) is 2.35. The largest absolute Gasteiger partial charge is 0.381 e. The van der Waals surface area contributed by atoms with Crippen LogP contribution < -0.4 is 0 Å². The van der Waals surface area contributed by atoms with Gasteiger partial charge in [-0.1, -0.05) is 4.49 Å². The number of aliphatic hydroxyl groups excluding tert-OH is 1. The Balaban J connectivity index is 2.29. The molecule has 0 saturated carbocycles. The van der Waals surface area contributed by atoms with Crippen LogP contribution >= 0.6 is 11.5 Å². The maximum absolute atomic E-state index is 9.71. The van der Waals surface area contributed by atoms with E-state index in [0.29, 0.717) is 10.6 Å². The van der Waals surface area contributed by atoms with Gasteiger partial charge in [0.2, 0.25) is 0 Å². The topological polar surface area (TPSA) is 71.8 Å². The summed E-state index contributed by atoms with van der Waals surface area (Å²) in [5.41, 5.74) is 0.508. The lowest BCUT2D eigenvalue weighted by atomic mass is 10.2. The average molecular weight is 194 g/mol. The lowest BCUT2D eigenvalue weighted by molar-refractivity contribution is 0.218. The molecule has 13 heavy (non-hydrogen) atoms. The highest BCUT2D eigenvalue weighted by Gasteiger charge is 2.13. The van der Waals surface area contributed by atoms with Crippen molar-refractivity contribution in [3.8, 4) is 0 Å². The van der Waals surface area contributed by atoms with E-state index < -0.39 is 6.10 Å². The number of aliphatic hydroxyl groups is 1. The summed E-state index contributed by atoms with van der Waals surface area (Å²) in [6.07, 6.45) is 5.36. The fourth-order valence-corrected chi connectivity index (χ4v) is 1.40. The summed E-state index contributed by atoms with van der Waals surface area (Å²) in [4.78, 5) is 8.50. The van der Waals surface area contributed by atoms with Gasteiger partial charge in [-0.15, -0.1) is 5.10 Å². The van der Waals surface area contributed by atoms with Crippen molar-refractivity contribution in [1.29, 1.82) is 0 Å². The molecule has 0 saturated heterocycles. The summed E-state index contributed by atoms with van der Waals surface area (Å²) in [5, 5.41) is 13.3. The van der Waals surface area contributed by atoms with Gasteiger partial charge in [-0.3, -0.25) is 9.97 Å². The molecule has 0 fully saturated rings. The quantitative estimate of drug-likeness (QED) is 0.749. The Labute approximate surface area is 78.3 Å². The first kappa shape index (κ1) is 8.21. The molecule has 2 aromatic rings. The first-order valence-electron chi connectivity index (χ1n) is 3.59. The van der Waals surface area contributed by atoms with Crippen molar-refractivity contribution in [2.24, 2.45) is 0 Å². The van der Waals surface area contributed by atoms with Crippen LogP contribution in [0.5, 0.6) is 0 Å². The molecule has 0 aliphatic heterocycles. The molecule has 0 aliphatic rings. The highest BCUT2D eigenvalue weighted by molar-refractivity contribution is 7.05. The predicted octanol–water partition coefficient (Wildman–Crippen LogP) is 0.410. The molecular weight excluding hydrogens is 188 g/mol. The van der Waals surface area contributed by atoms with Crippen LogP contribution in [0.2, 0.25) is 0 Å². The van der Waals surface area contributed by atoms with Crippen molar-refractivity contribution in [3.05, 3.63) is 35.4 Å². The molecule has 2 aromatic heterocycles. The SMILES string of the molecule is OC(c1cnccn1)c1cnns1. The highest BCUT2D eigenvalue weighted by atomic mass is 32.1. The normalized spacial score (nSPS) is 12.7.